The maximum Gasteiger partial charge on any atom is 0.228 e. The van der Waals surface area contributed by atoms with Gasteiger partial charge in [-0.2, -0.15) is 4.98 Å². The van der Waals surface area contributed by atoms with Gasteiger partial charge in [0.15, 0.2) is 11.8 Å². The van der Waals surface area contributed by atoms with Gasteiger partial charge in [0, 0.05) is 39.1 Å². The lowest BCUT2D eigenvalue weighted by Gasteiger charge is -2.11. The molecule has 1 heterocycles. The van der Waals surface area contributed by atoms with Gasteiger partial charge in [0.1, 0.15) is 0 Å². The largest absolute Gasteiger partial charge is 0.380 e. The molecule has 0 bridgehead atoms. The number of aliphatic imine (C=N–C) groups is 1. The molecule has 0 atom stereocenters. The van der Waals surface area contributed by atoms with Gasteiger partial charge in [0.2, 0.25) is 5.89 Å². The third kappa shape index (κ3) is 8.54. The van der Waals surface area contributed by atoms with E-state index in [0.717, 1.165) is 31.4 Å². The van der Waals surface area contributed by atoms with Crippen molar-refractivity contribution in [2.45, 2.75) is 46.5 Å². The van der Waals surface area contributed by atoms with Gasteiger partial charge in [-0.05, 0) is 12.3 Å². The normalized spacial score (nSPS) is 12.2. The molecule has 0 saturated carbocycles. The first-order valence-corrected chi connectivity index (χ1v) is 8.37. The second-order valence-electron chi connectivity index (χ2n) is 6.17. The molecule has 0 aromatic carbocycles. The Morgan fingerprint density at radius 3 is 2.52 bits per heavy atom. The van der Waals surface area contributed by atoms with Crippen molar-refractivity contribution >= 4 is 5.96 Å². The Bertz CT molecular complexity index is 457. The van der Waals surface area contributed by atoms with E-state index in [4.69, 9.17) is 9.26 Å². The molecule has 0 saturated heterocycles. The molecular weight excluding hydrogens is 294 g/mol. The monoisotopic (exact) mass is 325 g/mol. The molecule has 1 aromatic rings. The molecule has 0 unspecified atom stereocenters. The maximum absolute atomic E-state index is 5.56. The molecule has 23 heavy (non-hydrogen) atoms. The fourth-order valence-corrected chi connectivity index (χ4v) is 1.78. The minimum atomic E-state index is 0.283. The minimum absolute atomic E-state index is 0.283. The van der Waals surface area contributed by atoms with Crippen molar-refractivity contribution in [1.82, 2.24) is 20.8 Å². The van der Waals surface area contributed by atoms with Gasteiger partial charge in [0.25, 0.3) is 0 Å². The van der Waals surface area contributed by atoms with Crippen molar-refractivity contribution in [3.8, 4) is 0 Å². The zero-order chi connectivity index (χ0) is 17.1. The van der Waals surface area contributed by atoms with Crippen LogP contribution in [0.5, 0.6) is 0 Å². The van der Waals surface area contributed by atoms with Crippen molar-refractivity contribution < 1.29 is 9.26 Å². The Hall–Kier alpha value is -1.63. The fourth-order valence-electron chi connectivity index (χ4n) is 1.78. The number of aromatic nitrogens is 2. The molecule has 0 fully saturated rings. The molecule has 0 aliphatic rings. The lowest BCUT2D eigenvalue weighted by Crippen LogP contribution is -2.39. The second kappa shape index (κ2) is 11.0. The molecule has 0 aliphatic carbocycles. The average molecular weight is 325 g/mol. The highest BCUT2D eigenvalue weighted by molar-refractivity contribution is 5.79. The Balaban J connectivity index is 2.14. The third-order valence-corrected chi connectivity index (χ3v) is 3.23. The molecule has 132 valence electrons. The summed E-state index contributed by atoms with van der Waals surface area (Å²) in [7, 11) is 1.75. The van der Waals surface area contributed by atoms with Crippen LogP contribution in [0.2, 0.25) is 0 Å². The maximum atomic E-state index is 5.56. The zero-order valence-corrected chi connectivity index (χ0v) is 15.1. The van der Waals surface area contributed by atoms with Crippen molar-refractivity contribution in [2.24, 2.45) is 10.9 Å². The molecule has 0 aliphatic heterocycles. The summed E-state index contributed by atoms with van der Waals surface area (Å²) in [5.74, 6) is 3.11. The van der Waals surface area contributed by atoms with Crippen LogP contribution in [0.3, 0.4) is 0 Å². The van der Waals surface area contributed by atoms with Crippen LogP contribution >= 0.6 is 0 Å². The lowest BCUT2D eigenvalue weighted by molar-refractivity contribution is 0.128. The van der Waals surface area contributed by atoms with E-state index in [2.05, 4.69) is 39.6 Å². The quantitative estimate of drug-likeness (QED) is 0.389. The number of ether oxygens (including phenoxy) is 1. The van der Waals surface area contributed by atoms with E-state index in [9.17, 15) is 0 Å². The van der Waals surface area contributed by atoms with E-state index >= 15 is 0 Å². The number of rotatable bonds is 10. The van der Waals surface area contributed by atoms with E-state index in [-0.39, 0.29) is 5.92 Å². The Morgan fingerprint density at radius 2 is 1.91 bits per heavy atom. The van der Waals surface area contributed by atoms with Crippen LogP contribution in [0, 0.1) is 5.92 Å². The second-order valence-corrected chi connectivity index (χ2v) is 6.17. The standard InChI is InChI=1S/C16H31N5O2/c1-12(2)7-10-22-11-9-19-16(17-5)18-8-6-14-20-15(13(3)4)21-23-14/h12-13H,6-11H2,1-5H3,(H2,17,18,19). The van der Waals surface area contributed by atoms with Gasteiger partial charge < -0.3 is 19.9 Å². The first-order valence-electron chi connectivity index (χ1n) is 8.37. The number of hydrogen-bond donors (Lipinski definition) is 2. The van der Waals surface area contributed by atoms with Crippen LogP contribution in [0.4, 0.5) is 0 Å². The average Bonchev–Trinajstić information content (AvgIpc) is 2.97. The molecule has 7 heteroatoms. The summed E-state index contributed by atoms with van der Waals surface area (Å²) in [6, 6.07) is 0. The number of nitrogens with one attached hydrogen (secondary N) is 2. The van der Waals surface area contributed by atoms with Crippen LogP contribution < -0.4 is 10.6 Å². The van der Waals surface area contributed by atoms with Crippen molar-refractivity contribution in [3.05, 3.63) is 11.7 Å². The Labute approximate surface area is 139 Å². The van der Waals surface area contributed by atoms with Crippen LogP contribution in [0.25, 0.3) is 0 Å². The fraction of sp³-hybridized carbons (Fsp3) is 0.812. The molecule has 0 radical (unpaired) electrons. The van der Waals surface area contributed by atoms with Gasteiger partial charge in [-0.15, -0.1) is 0 Å². The number of nitrogens with zero attached hydrogens (tertiary/aromatic N) is 3. The zero-order valence-electron chi connectivity index (χ0n) is 15.1. The summed E-state index contributed by atoms with van der Waals surface area (Å²) in [6.45, 7) is 11.4. The summed E-state index contributed by atoms with van der Waals surface area (Å²) in [5, 5.41) is 10.4. The molecule has 1 rings (SSSR count). The van der Waals surface area contributed by atoms with E-state index in [0.29, 0.717) is 31.4 Å². The Kier molecular flexibility index (Phi) is 9.28. The molecule has 2 N–H and O–H groups in total. The molecule has 7 nitrogen and oxygen atoms in total. The van der Waals surface area contributed by atoms with Crippen molar-refractivity contribution in [2.75, 3.05) is 33.4 Å². The highest BCUT2D eigenvalue weighted by Gasteiger charge is 2.09. The van der Waals surface area contributed by atoms with E-state index in [1.165, 1.54) is 0 Å². The third-order valence-electron chi connectivity index (χ3n) is 3.23. The minimum Gasteiger partial charge on any atom is -0.380 e. The smallest absolute Gasteiger partial charge is 0.228 e. The molecule has 1 aromatic heterocycles. The highest BCUT2D eigenvalue weighted by atomic mass is 16.5. The topological polar surface area (TPSA) is 84.6 Å². The van der Waals surface area contributed by atoms with Crippen LogP contribution in [0.15, 0.2) is 9.52 Å². The van der Waals surface area contributed by atoms with Crippen molar-refractivity contribution in [1.29, 1.82) is 0 Å². The van der Waals surface area contributed by atoms with Crippen LogP contribution in [-0.4, -0.2) is 49.5 Å². The summed E-state index contributed by atoms with van der Waals surface area (Å²) in [6.07, 6.45) is 1.76. The summed E-state index contributed by atoms with van der Waals surface area (Å²) >= 11 is 0. The highest BCUT2D eigenvalue weighted by Crippen LogP contribution is 2.09. The summed E-state index contributed by atoms with van der Waals surface area (Å²) in [5.41, 5.74) is 0. The van der Waals surface area contributed by atoms with E-state index < -0.39 is 0 Å². The Morgan fingerprint density at radius 1 is 1.17 bits per heavy atom. The van der Waals surface area contributed by atoms with Crippen molar-refractivity contribution in [3.63, 3.8) is 0 Å². The summed E-state index contributed by atoms with van der Waals surface area (Å²) in [4.78, 5) is 8.52. The molecule has 0 spiro atoms. The van der Waals surface area contributed by atoms with E-state index in [1.807, 2.05) is 13.8 Å². The van der Waals surface area contributed by atoms with Crippen LogP contribution in [0.1, 0.15) is 51.7 Å². The van der Waals surface area contributed by atoms with E-state index in [1.54, 1.807) is 7.05 Å². The number of guanidine groups is 1. The van der Waals surface area contributed by atoms with Gasteiger partial charge >= 0.3 is 0 Å². The van der Waals surface area contributed by atoms with Crippen LogP contribution in [-0.2, 0) is 11.2 Å². The predicted octanol–water partition coefficient (Wildman–Crippen LogP) is 1.96. The molecule has 0 amide bonds. The SMILES string of the molecule is CN=C(NCCOCCC(C)C)NCCc1nc(C(C)C)no1. The molecular formula is C16H31N5O2. The van der Waals surface area contributed by atoms with Gasteiger partial charge in [-0.1, -0.05) is 32.9 Å². The predicted molar refractivity (Wildman–Crippen MR) is 91.7 cm³/mol. The summed E-state index contributed by atoms with van der Waals surface area (Å²) < 4.78 is 10.8. The lowest BCUT2D eigenvalue weighted by atomic mass is 10.1. The first kappa shape index (κ1) is 19.4. The van der Waals surface area contributed by atoms with Gasteiger partial charge in [-0.3, -0.25) is 4.99 Å². The first-order chi connectivity index (χ1) is 11.0. The van der Waals surface area contributed by atoms with Gasteiger partial charge in [-0.25, -0.2) is 0 Å². The van der Waals surface area contributed by atoms with Gasteiger partial charge in [0.05, 0.1) is 6.61 Å². The number of hydrogen-bond acceptors (Lipinski definition) is 5.